The van der Waals surface area contributed by atoms with Gasteiger partial charge in [0.15, 0.2) is 0 Å². The number of fused-ring (bicyclic) bond motifs is 4. The molecule has 0 heteroatoms. The Morgan fingerprint density at radius 3 is 2.46 bits per heavy atom. The molecule has 0 aliphatic heterocycles. The zero-order chi connectivity index (χ0) is 9.16. The maximum absolute atomic E-state index is 2.48. The highest BCUT2D eigenvalue weighted by Gasteiger charge is 2.66. The van der Waals surface area contributed by atoms with Crippen molar-refractivity contribution in [1.82, 2.24) is 0 Å². The minimum Gasteiger partial charge on any atom is -0.0651 e. The summed E-state index contributed by atoms with van der Waals surface area (Å²) in [6.07, 6.45) is 4.56. The molecule has 3 rings (SSSR count). The summed E-state index contributed by atoms with van der Waals surface area (Å²) in [4.78, 5) is 0. The van der Waals surface area contributed by atoms with Crippen molar-refractivity contribution in [3.8, 4) is 0 Å². The fourth-order valence-electron chi connectivity index (χ4n) is 4.64. The van der Waals surface area contributed by atoms with Gasteiger partial charge in [-0.05, 0) is 54.3 Å². The maximum Gasteiger partial charge on any atom is -0.0318 e. The lowest BCUT2D eigenvalue weighted by atomic mass is 9.32. The van der Waals surface area contributed by atoms with Gasteiger partial charge in [0.2, 0.25) is 0 Å². The molecule has 0 radical (unpaired) electrons. The summed E-state index contributed by atoms with van der Waals surface area (Å²) < 4.78 is 0. The van der Waals surface area contributed by atoms with Crippen LogP contribution in [0.3, 0.4) is 0 Å². The molecule has 0 N–H and O–H groups in total. The van der Waals surface area contributed by atoms with Gasteiger partial charge in [-0.25, -0.2) is 0 Å². The third kappa shape index (κ3) is 0.831. The Balaban J connectivity index is 1.66. The molecule has 0 aromatic heterocycles. The van der Waals surface area contributed by atoms with E-state index in [1.54, 1.807) is 12.8 Å². The van der Waals surface area contributed by atoms with E-state index < -0.39 is 0 Å². The average molecular weight is 178 g/mol. The third-order valence-electron chi connectivity index (χ3n) is 5.70. The highest BCUT2D eigenvalue weighted by atomic mass is 14.7. The Labute approximate surface area is 82.1 Å². The van der Waals surface area contributed by atoms with Gasteiger partial charge in [-0.3, -0.25) is 0 Å². The number of hydrogen-bond donors (Lipinski definition) is 0. The van der Waals surface area contributed by atoms with Gasteiger partial charge in [0, 0.05) is 0 Å². The van der Waals surface area contributed by atoms with E-state index in [9.17, 15) is 0 Å². The first-order chi connectivity index (χ1) is 6.24. The predicted molar refractivity (Wildman–Crippen MR) is 55.3 cm³/mol. The minimum absolute atomic E-state index is 1.01. The van der Waals surface area contributed by atoms with E-state index in [1.165, 1.54) is 30.1 Å². The van der Waals surface area contributed by atoms with Crippen molar-refractivity contribution in [2.24, 2.45) is 41.4 Å². The molecule has 0 amide bonds. The second kappa shape index (κ2) is 2.52. The van der Waals surface area contributed by atoms with Crippen LogP contribution in [0, 0.1) is 41.4 Å². The highest BCUT2D eigenvalue weighted by molar-refractivity contribution is 5.14. The molecule has 0 aromatic carbocycles. The van der Waals surface area contributed by atoms with Crippen molar-refractivity contribution in [2.75, 3.05) is 0 Å². The predicted octanol–water partition coefficient (Wildman–Crippen LogP) is 3.57. The van der Waals surface area contributed by atoms with Crippen molar-refractivity contribution < 1.29 is 0 Å². The van der Waals surface area contributed by atoms with Crippen LogP contribution >= 0.6 is 0 Å². The van der Waals surface area contributed by atoms with Gasteiger partial charge in [-0.2, -0.15) is 0 Å². The molecule has 13 heavy (non-hydrogen) atoms. The summed E-state index contributed by atoms with van der Waals surface area (Å²) >= 11 is 0. The summed E-state index contributed by atoms with van der Waals surface area (Å²) in [5, 5.41) is 0. The number of hydrogen-bond acceptors (Lipinski definition) is 0. The monoisotopic (exact) mass is 178 g/mol. The fourth-order valence-corrected chi connectivity index (χ4v) is 4.64. The van der Waals surface area contributed by atoms with Gasteiger partial charge in [0.1, 0.15) is 0 Å². The summed E-state index contributed by atoms with van der Waals surface area (Å²) in [6.45, 7) is 7.30. The first kappa shape index (κ1) is 8.32. The van der Waals surface area contributed by atoms with E-state index in [-0.39, 0.29) is 0 Å². The molecule has 3 aliphatic rings. The van der Waals surface area contributed by atoms with Gasteiger partial charge < -0.3 is 0 Å². The molecule has 0 aromatic rings. The second-order valence-corrected chi connectivity index (χ2v) is 5.98. The third-order valence-corrected chi connectivity index (χ3v) is 5.70. The van der Waals surface area contributed by atoms with E-state index in [0.29, 0.717) is 0 Å². The van der Waals surface area contributed by atoms with Crippen LogP contribution in [0.25, 0.3) is 0 Å². The Kier molecular flexibility index (Phi) is 1.61. The lowest BCUT2D eigenvalue weighted by molar-refractivity contribution is -0.246. The molecular formula is C13H22. The van der Waals surface area contributed by atoms with Crippen LogP contribution in [0.1, 0.15) is 40.0 Å². The molecule has 3 fully saturated rings. The smallest absolute Gasteiger partial charge is 0.0318 e. The topological polar surface area (TPSA) is 0 Å². The molecule has 0 nitrogen and oxygen atoms in total. The molecule has 0 bridgehead atoms. The SMILES string of the molecule is CCC(C)C1CC2C3CC(C)C3C12. The van der Waals surface area contributed by atoms with Gasteiger partial charge in [-0.15, -0.1) is 0 Å². The van der Waals surface area contributed by atoms with Gasteiger partial charge >= 0.3 is 0 Å². The Morgan fingerprint density at radius 2 is 1.85 bits per heavy atom. The van der Waals surface area contributed by atoms with Gasteiger partial charge in [0.25, 0.3) is 0 Å². The van der Waals surface area contributed by atoms with E-state index in [2.05, 4.69) is 20.8 Å². The minimum atomic E-state index is 1.01. The van der Waals surface area contributed by atoms with Crippen LogP contribution in [-0.2, 0) is 0 Å². The Hall–Kier alpha value is 0. The summed E-state index contributed by atoms with van der Waals surface area (Å²) in [6, 6.07) is 0. The molecule has 7 atom stereocenters. The maximum atomic E-state index is 2.48. The molecule has 3 aliphatic carbocycles. The van der Waals surface area contributed by atoms with Crippen molar-refractivity contribution in [3.63, 3.8) is 0 Å². The van der Waals surface area contributed by atoms with Crippen LogP contribution in [0.5, 0.6) is 0 Å². The highest BCUT2D eigenvalue weighted by Crippen LogP contribution is 2.72. The van der Waals surface area contributed by atoms with E-state index in [1.807, 2.05) is 0 Å². The van der Waals surface area contributed by atoms with Crippen molar-refractivity contribution in [2.45, 2.75) is 40.0 Å². The Morgan fingerprint density at radius 1 is 1.15 bits per heavy atom. The van der Waals surface area contributed by atoms with Crippen LogP contribution < -0.4 is 0 Å². The van der Waals surface area contributed by atoms with E-state index in [4.69, 9.17) is 0 Å². The molecule has 3 saturated carbocycles. The molecule has 0 heterocycles. The Bertz CT molecular complexity index is 220. The first-order valence-corrected chi connectivity index (χ1v) is 6.24. The molecule has 0 saturated heterocycles. The lowest BCUT2D eigenvalue weighted by Crippen LogP contribution is -2.67. The van der Waals surface area contributed by atoms with Gasteiger partial charge in [0.05, 0.1) is 0 Å². The zero-order valence-electron chi connectivity index (χ0n) is 9.16. The quantitative estimate of drug-likeness (QED) is 0.606. The lowest BCUT2D eigenvalue weighted by Gasteiger charge is -2.73. The van der Waals surface area contributed by atoms with Crippen LogP contribution in [0.4, 0.5) is 0 Å². The van der Waals surface area contributed by atoms with Crippen LogP contribution in [0.15, 0.2) is 0 Å². The first-order valence-electron chi connectivity index (χ1n) is 6.24. The van der Waals surface area contributed by atoms with Crippen LogP contribution in [0.2, 0.25) is 0 Å². The van der Waals surface area contributed by atoms with E-state index >= 15 is 0 Å². The standard InChI is InChI=1S/C13H22/c1-4-7(2)9-6-11-10-5-8(3)12(10)13(9)11/h7-13H,4-6H2,1-3H3. The largest absolute Gasteiger partial charge is 0.0651 e. The molecule has 74 valence electrons. The molecule has 0 spiro atoms. The normalized spacial score (nSPS) is 59.3. The van der Waals surface area contributed by atoms with Crippen molar-refractivity contribution in [1.29, 1.82) is 0 Å². The van der Waals surface area contributed by atoms with Gasteiger partial charge in [-0.1, -0.05) is 27.2 Å². The fraction of sp³-hybridized carbons (Fsp3) is 1.00. The van der Waals surface area contributed by atoms with Crippen molar-refractivity contribution >= 4 is 0 Å². The van der Waals surface area contributed by atoms with Crippen LogP contribution in [-0.4, -0.2) is 0 Å². The summed E-state index contributed by atoms with van der Waals surface area (Å²) in [5.41, 5.74) is 0. The van der Waals surface area contributed by atoms with E-state index in [0.717, 1.165) is 17.8 Å². The average Bonchev–Trinajstić information content (AvgIpc) is 2.10. The zero-order valence-corrected chi connectivity index (χ0v) is 9.16. The summed E-state index contributed by atoms with van der Waals surface area (Å²) in [5.74, 6) is 7.97. The second-order valence-electron chi connectivity index (χ2n) is 5.98. The molecule has 7 unspecified atom stereocenters. The summed E-state index contributed by atoms with van der Waals surface area (Å²) in [7, 11) is 0. The number of rotatable bonds is 2. The van der Waals surface area contributed by atoms with Crippen molar-refractivity contribution in [3.05, 3.63) is 0 Å². The molecular weight excluding hydrogens is 156 g/mol.